The van der Waals surface area contributed by atoms with Crippen molar-refractivity contribution in [1.82, 2.24) is 4.72 Å². The highest BCUT2D eigenvalue weighted by Crippen LogP contribution is 2.27. The van der Waals surface area contributed by atoms with Crippen LogP contribution < -0.4 is 4.72 Å². The molecule has 19 heavy (non-hydrogen) atoms. The average molecular weight is 417 g/mol. The van der Waals surface area contributed by atoms with E-state index in [4.69, 9.17) is 0 Å². The van der Waals surface area contributed by atoms with Crippen molar-refractivity contribution in [1.29, 1.82) is 0 Å². The Hall–Kier alpha value is 0.01000. The monoisotopic (exact) mass is 415 g/mol. The van der Waals surface area contributed by atoms with Crippen molar-refractivity contribution in [2.45, 2.75) is 23.8 Å². The van der Waals surface area contributed by atoms with Crippen LogP contribution >= 0.6 is 31.9 Å². The highest BCUT2D eigenvalue weighted by Gasteiger charge is 2.33. The molecule has 1 aromatic carbocycles. The van der Waals surface area contributed by atoms with Gasteiger partial charge in [-0.1, -0.05) is 22.9 Å². The van der Waals surface area contributed by atoms with Gasteiger partial charge in [-0.15, -0.1) is 0 Å². The molecule has 0 aliphatic rings. The normalized spacial score (nSPS) is 12.7. The zero-order valence-electron chi connectivity index (χ0n) is 10.2. The molecule has 1 rings (SSSR count). The molecule has 0 aliphatic heterocycles. The Balaban J connectivity index is 3.21. The second kappa shape index (κ2) is 6.64. The fourth-order valence-electron chi connectivity index (χ4n) is 1.43. The van der Waals surface area contributed by atoms with Crippen molar-refractivity contribution < 1.29 is 18.6 Å². The van der Waals surface area contributed by atoms with Gasteiger partial charge in [0, 0.05) is 8.95 Å². The average Bonchev–Trinajstić information content (AvgIpc) is 2.39. The van der Waals surface area contributed by atoms with Crippen LogP contribution in [0.15, 0.2) is 32.0 Å². The molecule has 0 fully saturated rings. The minimum Gasteiger partial charge on any atom is -0.394 e. The summed E-state index contributed by atoms with van der Waals surface area (Å²) in [4.78, 5) is 0.0431. The van der Waals surface area contributed by atoms with E-state index in [2.05, 4.69) is 36.6 Å². The van der Waals surface area contributed by atoms with E-state index in [1.54, 1.807) is 19.1 Å². The summed E-state index contributed by atoms with van der Waals surface area (Å²) >= 11 is 6.38. The van der Waals surface area contributed by atoms with Crippen LogP contribution in [-0.4, -0.2) is 37.4 Å². The summed E-state index contributed by atoms with van der Waals surface area (Å²) in [5, 5.41) is 18.6. The first-order valence-corrected chi connectivity index (χ1v) is 8.58. The first-order valence-electron chi connectivity index (χ1n) is 5.51. The molecule has 8 heteroatoms. The second-order valence-electron chi connectivity index (χ2n) is 4.13. The van der Waals surface area contributed by atoms with E-state index in [0.717, 1.165) is 0 Å². The van der Waals surface area contributed by atoms with Crippen LogP contribution in [0.1, 0.15) is 13.3 Å². The maximum absolute atomic E-state index is 12.3. The standard InChI is InChI=1S/C11H15Br2NO4S/c1-2-11(6-15,7-16)14-19(17,18)10-5-8(12)3-4-9(10)13/h3-5,14-16H,2,6-7H2,1H3. The molecule has 0 radical (unpaired) electrons. The van der Waals surface area contributed by atoms with Crippen molar-refractivity contribution in [2.24, 2.45) is 0 Å². The first-order chi connectivity index (χ1) is 8.80. The predicted octanol–water partition coefficient (Wildman–Crippen LogP) is 1.62. The molecule has 0 atom stereocenters. The summed E-state index contributed by atoms with van der Waals surface area (Å²) in [5.41, 5.74) is -1.26. The van der Waals surface area contributed by atoms with Gasteiger partial charge in [-0.25, -0.2) is 13.1 Å². The van der Waals surface area contributed by atoms with Crippen molar-refractivity contribution in [3.63, 3.8) is 0 Å². The summed E-state index contributed by atoms with van der Waals surface area (Å²) in [6.45, 7) is 0.723. The Bertz CT molecular complexity index is 535. The molecule has 3 N–H and O–H groups in total. The van der Waals surface area contributed by atoms with Gasteiger partial charge >= 0.3 is 0 Å². The molecular weight excluding hydrogens is 402 g/mol. The number of aliphatic hydroxyl groups is 2. The fraction of sp³-hybridized carbons (Fsp3) is 0.455. The van der Waals surface area contributed by atoms with Gasteiger partial charge in [-0.3, -0.25) is 0 Å². The summed E-state index contributed by atoms with van der Waals surface area (Å²) in [6.07, 6.45) is 0.269. The van der Waals surface area contributed by atoms with Gasteiger partial charge in [0.05, 0.1) is 23.6 Å². The molecule has 0 heterocycles. The Morgan fingerprint density at radius 1 is 1.26 bits per heavy atom. The van der Waals surface area contributed by atoms with Crippen LogP contribution in [0.4, 0.5) is 0 Å². The SMILES string of the molecule is CCC(CO)(CO)NS(=O)(=O)c1cc(Br)ccc1Br. The van der Waals surface area contributed by atoms with Gasteiger partial charge in [-0.2, -0.15) is 0 Å². The van der Waals surface area contributed by atoms with Crippen LogP contribution in [0.25, 0.3) is 0 Å². The highest BCUT2D eigenvalue weighted by atomic mass is 79.9. The summed E-state index contributed by atoms with van der Waals surface area (Å²) in [6, 6.07) is 4.75. The third-order valence-corrected chi connectivity index (χ3v) is 5.88. The van der Waals surface area contributed by atoms with Crippen LogP contribution in [-0.2, 0) is 10.0 Å². The van der Waals surface area contributed by atoms with Gasteiger partial charge in [0.25, 0.3) is 0 Å². The van der Waals surface area contributed by atoms with E-state index < -0.39 is 28.8 Å². The molecule has 5 nitrogen and oxygen atoms in total. The van der Waals surface area contributed by atoms with Crippen molar-refractivity contribution in [3.05, 3.63) is 27.1 Å². The van der Waals surface area contributed by atoms with Crippen molar-refractivity contribution >= 4 is 41.9 Å². The van der Waals surface area contributed by atoms with E-state index in [0.29, 0.717) is 8.95 Å². The largest absolute Gasteiger partial charge is 0.394 e. The van der Waals surface area contributed by atoms with Crippen LogP contribution in [0.2, 0.25) is 0 Å². The summed E-state index contributed by atoms with van der Waals surface area (Å²) in [7, 11) is -3.85. The number of benzene rings is 1. The minimum absolute atomic E-state index is 0.0431. The molecule has 0 aromatic heterocycles. The van der Waals surface area contributed by atoms with Gasteiger partial charge in [0.1, 0.15) is 0 Å². The zero-order chi connectivity index (χ0) is 14.7. The van der Waals surface area contributed by atoms with E-state index in [-0.39, 0.29) is 11.3 Å². The Labute approximate surface area is 129 Å². The number of aliphatic hydroxyl groups excluding tert-OH is 2. The lowest BCUT2D eigenvalue weighted by Gasteiger charge is -2.29. The van der Waals surface area contributed by atoms with Gasteiger partial charge in [0.15, 0.2) is 0 Å². The van der Waals surface area contributed by atoms with E-state index >= 15 is 0 Å². The predicted molar refractivity (Wildman–Crippen MR) is 79.4 cm³/mol. The number of nitrogens with one attached hydrogen (secondary N) is 1. The Kier molecular flexibility index (Phi) is 5.96. The fourth-order valence-corrected chi connectivity index (χ4v) is 4.39. The summed E-state index contributed by atoms with van der Waals surface area (Å²) < 4.78 is 28.0. The molecule has 0 unspecified atom stereocenters. The number of hydrogen-bond acceptors (Lipinski definition) is 4. The smallest absolute Gasteiger partial charge is 0.242 e. The molecule has 0 saturated heterocycles. The second-order valence-corrected chi connectivity index (χ2v) is 7.55. The lowest BCUT2D eigenvalue weighted by Crippen LogP contribution is -2.53. The molecule has 0 spiro atoms. The van der Waals surface area contributed by atoms with Crippen LogP contribution in [0.3, 0.4) is 0 Å². The van der Waals surface area contributed by atoms with Gasteiger partial charge < -0.3 is 10.2 Å². The minimum atomic E-state index is -3.85. The number of halogens is 2. The topological polar surface area (TPSA) is 86.6 Å². The lowest BCUT2D eigenvalue weighted by atomic mass is 10.0. The quantitative estimate of drug-likeness (QED) is 0.657. The zero-order valence-corrected chi connectivity index (χ0v) is 14.2. The molecule has 0 bridgehead atoms. The lowest BCUT2D eigenvalue weighted by molar-refractivity contribution is 0.105. The van der Waals surface area contributed by atoms with E-state index in [1.165, 1.54) is 6.07 Å². The molecule has 0 saturated carbocycles. The third-order valence-electron chi connectivity index (χ3n) is 2.82. The van der Waals surface area contributed by atoms with Gasteiger partial charge in [0.2, 0.25) is 10.0 Å². The third kappa shape index (κ3) is 3.99. The molecular formula is C11H15Br2NO4S. The Morgan fingerprint density at radius 2 is 1.84 bits per heavy atom. The van der Waals surface area contributed by atoms with Crippen molar-refractivity contribution in [3.8, 4) is 0 Å². The molecule has 1 aromatic rings. The van der Waals surface area contributed by atoms with Crippen molar-refractivity contribution in [2.75, 3.05) is 13.2 Å². The number of rotatable bonds is 6. The first kappa shape index (κ1) is 17.1. The van der Waals surface area contributed by atoms with E-state index in [1.807, 2.05) is 0 Å². The highest BCUT2D eigenvalue weighted by molar-refractivity contribution is 9.11. The molecule has 0 aliphatic carbocycles. The Morgan fingerprint density at radius 3 is 2.32 bits per heavy atom. The maximum Gasteiger partial charge on any atom is 0.242 e. The number of sulfonamides is 1. The molecule has 108 valence electrons. The van der Waals surface area contributed by atoms with Crippen LogP contribution in [0.5, 0.6) is 0 Å². The summed E-state index contributed by atoms with van der Waals surface area (Å²) in [5.74, 6) is 0. The maximum atomic E-state index is 12.3. The van der Waals surface area contributed by atoms with Gasteiger partial charge in [-0.05, 0) is 40.5 Å². The van der Waals surface area contributed by atoms with E-state index in [9.17, 15) is 18.6 Å². The molecule has 0 amide bonds. The van der Waals surface area contributed by atoms with Crippen LogP contribution in [0, 0.1) is 0 Å². The number of hydrogen-bond donors (Lipinski definition) is 3.